The van der Waals surface area contributed by atoms with Crippen molar-refractivity contribution in [1.82, 2.24) is 9.21 Å². The van der Waals surface area contributed by atoms with E-state index < -0.39 is 10.0 Å². The molecule has 2 amide bonds. The Bertz CT molecular complexity index is 999. The summed E-state index contributed by atoms with van der Waals surface area (Å²) < 4.78 is 28.8. The lowest BCUT2D eigenvalue weighted by atomic mass is 10.0. The van der Waals surface area contributed by atoms with E-state index in [9.17, 15) is 13.2 Å². The lowest BCUT2D eigenvalue weighted by Crippen LogP contribution is -2.48. The highest BCUT2D eigenvalue weighted by Crippen LogP contribution is 2.37. The zero-order chi connectivity index (χ0) is 22.6. The topological polar surface area (TPSA) is 81.8 Å². The number of amides is 2. The fourth-order valence-electron chi connectivity index (χ4n) is 4.38. The number of carbonyl (C=O) groups is 1. The van der Waals surface area contributed by atoms with Gasteiger partial charge in [0.1, 0.15) is 0 Å². The molecule has 0 radical (unpaired) electrons. The zero-order valence-corrected chi connectivity index (χ0v) is 19.4. The molecule has 0 unspecified atom stereocenters. The van der Waals surface area contributed by atoms with Crippen molar-refractivity contribution >= 4 is 27.4 Å². The molecule has 2 aromatic rings. The van der Waals surface area contributed by atoms with Gasteiger partial charge in [-0.15, -0.1) is 0 Å². The Morgan fingerprint density at radius 2 is 1.47 bits per heavy atom. The number of sulfonamides is 1. The lowest BCUT2D eigenvalue weighted by Gasteiger charge is -2.38. The van der Waals surface area contributed by atoms with Crippen molar-refractivity contribution in [2.45, 2.75) is 56.0 Å². The molecule has 0 aromatic heterocycles. The molecule has 2 aliphatic rings. The van der Waals surface area contributed by atoms with Crippen LogP contribution in [0.1, 0.15) is 39.0 Å². The number of hydrogen-bond acceptors (Lipinski definition) is 4. The van der Waals surface area contributed by atoms with Gasteiger partial charge in [-0.25, -0.2) is 13.2 Å². The Balaban J connectivity index is 1.42. The van der Waals surface area contributed by atoms with E-state index in [1.807, 2.05) is 18.2 Å². The molecule has 1 saturated carbocycles. The van der Waals surface area contributed by atoms with Gasteiger partial charge in [0.15, 0.2) is 0 Å². The molecule has 1 heterocycles. The van der Waals surface area contributed by atoms with Gasteiger partial charge in [-0.3, -0.25) is 0 Å². The minimum Gasteiger partial charge on any atom is -0.308 e. The smallest absolute Gasteiger partial charge is 0.308 e. The van der Waals surface area contributed by atoms with Gasteiger partial charge < -0.3 is 15.5 Å². The average molecular weight is 457 g/mol. The predicted octanol–water partition coefficient (Wildman–Crippen LogP) is 4.36. The second-order valence-electron chi connectivity index (χ2n) is 8.61. The van der Waals surface area contributed by atoms with Gasteiger partial charge in [0.05, 0.1) is 4.90 Å². The number of rotatable bonds is 8. The van der Waals surface area contributed by atoms with Crippen LogP contribution < -0.4 is 10.6 Å². The van der Waals surface area contributed by atoms with Crippen molar-refractivity contribution < 1.29 is 13.2 Å². The van der Waals surface area contributed by atoms with E-state index in [4.69, 9.17) is 0 Å². The first kappa shape index (κ1) is 22.8. The van der Waals surface area contributed by atoms with Crippen molar-refractivity contribution in [3.8, 4) is 0 Å². The number of nitrogens with one attached hydrogen (secondary N) is 2. The second-order valence-corrected chi connectivity index (χ2v) is 10.5. The van der Waals surface area contributed by atoms with E-state index in [0.717, 1.165) is 51.7 Å². The predicted molar refractivity (Wildman–Crippen MR) is 127 cm³/mol. The number of piperidine rings is 1. The number of anilines is 2. The first-order chi connectivity index (χ1) is 15.5. The van der Waals surface area contributed by atoms with Crippen molar-refractivity contribution in [2.75, 3.05) is 30.3 Å². The lowest BCUT2D eigenvalue weighted by molar-refractivity contribution is 0.156. The van der Waals surface area contributed by atoms with Gasteiger partial charge in [-0.05, 0) is 88.1 Å². The summed E-state index contributed by atoms with van der Waals surface area (Å²) in [7, 11) is -3.57. The molecule has 172 valence electrons. The molecule has 1 aliphatic carbocycles. The molecule has 0 atom stereocenters. The maximum absolute atomic E-state index is 13.5. The highest BCUT2D eigenvalue weighted by Gasteiger charge is 2.43. The summed E-state index contributed by atoms with van der Waals surface area (Å²) in [5, 5.41) is 5.50. The first-order valence-corrected chi connectivity index (χ1v) is 12.9. The molecule has 7 nitrogen and oxygen atoms in total. The maximum atomic E-state index is 13.5. The van der Waals surface area contributed by atoms with Gasteiger partial charge in [0, 0.05) is 23.5 Å². The van der Waals surface area contributed by atoms with E-state index in [1.165, 1.54) is 0 Å². The fraction of sp³-hybridized carbons (Fsp3) is 0.458. The summed E-state index contributed by atoms with van der Waals surface area (Å²) in [6, 6.07) is 15.5. The molecule has 0 bridgehead atoms. The third kappa shape index (κ3) is 5.49. The summed E-state index contributed by atoms with van der Waals surface area (Å²) in [5.41, 5.74) is 1.23. The average Bonchev–Trinajstić information content (AvgIpc) is 3.61. The number of likely N-dealkylation sites (tertiary alicyclic amines) is 1. The fourth-order valence-corrected chi connectivity index (χ4v) is 6.31. The van der Waals surface area contributed by atoms with E-state index in [-0.39, 0.29) is 23.0 Å². The van der Waals surface area contributed by atoms with Crippen molar-refractivity contribution in [3.63, 3.8) is 0 Å². The highest BCUT2D eigenvalue weighted by atomic mass is 32.2. The standard InChI is InChI=1S/C24H32N4O3S/c1-2-16-27-17-14-22(15-18-27)28(21-10-11-21)32(30,31)23-12-8-20(9-13-23)26-24(29)25-19-6-4-3-5-7-19/h3-9,12-13,21-22H,2,10-11,14-18H2,1H3,(H2,25,26,29). The summed E-state index contributed by atoms with van der Waals surface area (Å²) >= 11 is 0. The number of carbonyl (C=O) groups excluding carboxylic acids is 1. The van der Waals surface area contributed by atoms with Crippen LogP contribution in [-0.2, 0) is 10.0 Å². The van der Waals surface area contributed by atoms with E-state index in [0.29, 0.717) is 11.4 Å². The second kappa shape index (κ2) is 10.0. The summed E-state index contributed by atoms with van der Waals surface area (Å²) in [4.78, 5) is 14.9. The number of para-hydroxylation sites is 1. The van der Waals surface area contributed by atoms with Crippen LogP contribution in [0.4, 0.5) is 16.2 Å². The van der Waals surface area contributed by atoms with Crippen LogP contribution in [-0.4, -0.2) is 55.4 Å². The van der Waals surface area contributed by atoms with Gasteiger partial charge in [0.25, 0.3) is 0 Å². The Morgan fingerprint density at radius 1 is 0.906 bits per heavy atom. The van der Waals surface area contributed by atoms with Gasteiger partial charge in [0.2, 0.25) is 10.0 Å². The van der Waals surface area contributed by atoms with Crippen LogP contribution in [0, 0.1) is 0 Å². The molecule has 1 saturated heterocycles. The van der Waals surface area contributed by atoms with Crippen LogP contribution >= 0.6 is 0 Å². The Labute approximate surface area is 190 Å². The Kier molecular flexibility index (Phi) is 7.13. The Hall–Kier alpha value is -2.42. The quantitative estimate of drug-likeness (QED) is 0.618. The van der Waals surface area contributed by atoms with E-state index in [1.54, 1.807) is 40.7 Å². The van der Waals surface area contributed by atoms with Gasteiger partial charge in [-0.2, -0.15) is 4.31 Å². The van der Waals surface area contributed by atoms with Crippen molar-refractivity contribution in [2.24, 2.45) is 0 Å². The summed E-state index contributed by atoms with van der Waals surface area (Å²) in [6.07, 6.45) is 4.77. The largest absolute Gasteiger partial charge is 0.323 e. The van der Waals surface area contributed by atoms with Crippen molar-refractivity contribution in [1.29, 1.82) is 0 Å². The summed E-state index contributed by atoms with van der Waals surface area (Å²) in [6.45, 7) is 5.17. The molecular formula is C24H32N4O3S. The first-order valence-electron chi connectivity index (χ1n) is 11.5. The van der Waals surface area contributed by atoms with Gasteiger partial charge in [-0.1, -0.05) is 25.1 Å². The third-order valence-corrected chi connectivity index (χ3v) is 8.10. The molecular weight excluding hydrogens is 424 g/mol. The summed E-state index contributed by atoms with van der Waals surface area (Å²) in [5.74, 6) is 0. The minimum absolute atomic E-state index is 0.0649. The normalized spacial score (nSPS) is 17.9. The van der Waals surface area contributed by atoms with Crippen LogP contribution in [0.3, 0.4) is 0 Å². The van der Waals surface area contributed by atoms with Crippen LogP contribution in [0.2, 0.25) is 0 Å². The van der Waals surface area contributed by atoms with Crippen molar-refractivity contribution in [3.05, 3.63) is 54.6 Å². The molecule has 2 aromatic carbocycles. The Morgan fingerprint density at radius 3 is 2.03 bits per heavy atom. The molecule has 4 rings (SSSR count). The van der Waals surface area contributed by atoms with E-state index >= 15 is 0 Å². The molecule has 2 N–H and O–H groups in total. The van der Waals surface area contributed by atoms with Crippen LogP contribution in [0.15, 0.2) is 59.5 Å². The number of nitrogens with zero attached hydrogens (tertiary/aromatic N) is 2. The van der Waals surface area contributed by atoms with Crippen LogP contribution in [0.5, 0.6) is 0 Å². The molecule has 2 fully saturated rings. The minimum atomic E-state index is -3.57. The zero-order valence-electron chi connectivity index (χ0n) is 18.5. The van der Waals surface area contributed by atoms with E-state index in [2.05, 4.69) is 22.5 Å². The number of urea groups is 1. The molecule has 1 aliphatic heterocycles. The monoisotopic (exact) mass is 456 g/mol. The number of hydrogen-bond donors (Lipinski definition) is 2. The van der Waals surface area contributed by atoms with Crippen LogP contribution in [0.25, 0.3) is 0 Å². The molecule has 0 spiro atoms. The SMILES string of the molecule is CCCN1CCC(N(C2CC2)S(=O)(=O)c2ccc(NC(=O)Nc3ccccc3)cc2)CC1. The third-order valence-electron chi connectivity index (χ3n) is 6.08. The molecule has 8 heteroatoms. The van der Waals surface area contributed by atoms with Gasteiger partial charge >= 0.3 is 6.03 Å². The maximum Gasteiger partial charge on any atom is 0.323 e. The molecule has 32 heavy (non-hydrogen) atoms. The highest BCUT2D eigenvalue weighted by molar-refractivity contribution is 7.89. The number of benzene rings is 2.